The van der Waals surface area contributed by atoms with Crippen molar-refractivity contribution in [1.82, 2.24) is 20.5 Å². The van der Waals surface area contributed by atoms with Crippen LogP contribution in [0.5, 0.6) is 5.75 Å². The Morgan fingerprint density at radius 2 is 1.81 bits per heavy atom. The third kappa shape index (κ3) is 7.54. The van der Waals surface area contributed by atoms with Crippen LogP contribution in [0.1, 0.15) is 36.6 Å². The van der Waals surface area contributed by atoms with Gasteiger partial charge in [-0.05, 0) is 81.1 Å². The summed E-state index contributed by atoms with van der Waals surface area (Å²) in [7, 11) is 0. The first-order chi connectivity index (χ1) is 18.3. The molecule has 3 heterocycles. The van der Waals surface area contributed by atoms with Crippen molar-refractivity contribution >= 4 is 17.7 Å². The minimum atomic E-state index is 0.0784. The molecule has 7 nitrogen and oxygen atoms in total. The highest BCUT2D eigenvalue weighted by Gasteiger charge is 2.21. The Kier molecular flexibility index (Phi) is 9.02. The number of likely N-dealkylation sites (tertiary alicyclic amines) is 1. The number of aromatic nitrogens is 1. The van der Waals surface area contributed by atoms with Crippen molar-refractivity contribution in [3.8, 4) is 5.75 Å². The number of anilines is 1. The predicted octanol–water partition coefficient (Wildman–Crippen LogP) is 4.77. The molecular formula is C30H38N6O. The minimum Gasteiger partial charge on any atom is -0.493 e. The number of ether oxygens (including phenoxy) is 1. The third-order valence-electron chi connectivity index (χ3n) is 7.22. The number of piperidine rings is 1. The summed E-state index contributed by atoms with van der Waals surface area (Å²) in [5.74, 6) is 1.51. The van der Waals surface area contributed by atoms with Gasteiger partial charge in [-0.1, -0.05) is 30.3 Å². The molecule has 1 unspecified atom stereocenters. The fraction of sp³-hybridized carbons (Fsp3) is 0.400. The maximum absolute atomic E-state index is 6.22. The SMILES string of the molecule is C1=Nc2cc(OCC3CCN(CCNc4ccncc4)CC3)ccc2C(NCCCc2ccccc2)N1. The number of pyridine rings is 1. The van der Waals surface area contributed by atoms with Gasteiger partial charge in [0, 0.05) is 42.8 Å². The van der Waals surface area contributed by atoms with Gasteiger partial charge < -0.3 is 20.3 Å². The Hall–Kier alpha value is -3.42. The summed E-state index contributed by atoms with van der Waals surface area (Å²) in [6.07, 6.45) is 10.0. The van der Waals surface area contributed by atoms with Gasteiger partial charge in [0.25, 0.3) is 0 Å². The molecule has 0 spiro atoms. The molecule has 2 aliphatic heterocycles. The highest BCUT2D eigenvalue weighted by Crippen LogP contribution is 2.31. The molecule has 7 heteroatoms. The third-order valence-corrected chi connectivity index (χ3v) is 7.22. The molecule has 194 valence electrons. The smallest absolute Gasteiger partial charge is 0.121 e. The first-order valence-electron chi connectivity index (χ1n) is 13.5. The lowest BCUT2D eigenvalue weighted by Crippen LogP contribution is -2.38. The lowest BCUT2D eigenvalue weighted by molar-refractivity contribution is 0.144. The fourth-order valence-electron chi connectivity index (χ4n) is 5.01. The summed E-state index contributed by atoms with van der Waals surface area (Å²) in [5.41, 5.74) is 4.67. The molecule has 1 aromatic heterocycles. The van der Waals surface area contributed by atoms with E-state index in [-0.39, 0.29) is 6.17 Å². The molecule has 0 aliphatic carbocycles. The molecule has 0 saturated carbocycles. The van der Waals surface area contributed by atoms with Crippen molar-refractivity contribution in [3.05, 3.63) is 84.2 Å². The zero-order valence-electron chi connectivity index (χ0n) is 21.5. The molecule has 2 aromatic carbocycles. The van der Waals surface area contributed by atoms with Crippen LogP contribution in [0.2, 0.25) is 0 Å². The van der Waals surface area contributed by atoms with Crippen LogP contribution >= 0.6 is 0 Å². The largest absolute Gasteiger partial charge is 0.493 e. The lowest BCUT2D eigenvalue weighted by atomic mass is 9.98. The molecule has 1 saturated heterocycles. The number of hydrogen-bond acceptors (Lipinski definition) is 7. The van der Waals surface area contributed by atoms with Crippen LogP contribution in [-0.4, -0.2) is 55.6 Å². The number of hydrogen-bond donors (Lipinski definition) is 3. The van der Waals surface area contributed by atoms with Gasteiger partial charge in [0.2, 0.25) is 0 Å². The Bertz CT molecular complexity index is 1120. The van der Waals surface area contributed by atoms with Crippen LogP contribution in [0.3, 0.4) is 0 Å². The first-order valence-corrected chi connectivity index (χ1v) is 13.5. The van der Waals surface area contributed by atoms with E-state index in [0.29, 0.717) is 5.92 Å². The zero-order valence-corrected chi connectivity index (χ0v) is 21.5. The van der Waals surface area contributed by atoms with Gasteiger partial charge in [-0.3, -0.25) is 10.3 Å². The van der Waals surface area contributed by atoms with Crippen LogP contribution in [0, 0.1) is 5.92 Å². The predicted molar refractivity (Wildman–Crippen MR) is 151 cm³/mol. The molecule has 1 atom stereocenters. The van der Waals surface area contributed by atoms with Gasteiger partial charge in [0.15, 0.2) is 0 Å². The molecule has 3 aromatic rings. The Balaban J connectivity index is 1.02. The van der Waals surface area contributed by atoms with Gasteiger partial charge in [-0.15, -0.1) is 0 Å². The molecule has 0 radical (unpaired) electrons. The van der Waals surface area contributed by atoms with E-state index in [9.17, 15) is 0 Å². The van der Waals surface area contributed by atoms with E-state index in [0.717, 1.165) is 69.3 Å². The Morgan fingerprint density at radius 3 is 2.65 bits per heavy atom. The number of benzene rings is 2. The van der Waals surface area contributed by atoms with E-state index in [1.54, 1.807) is 6.34 Å². The van der Waals surface area contributed by atoms with Gasteiger partial charge in [-0.25, -0.2) is 4.99 Å². The second kappa shape index (κ2) is 13.2. The number of aliphatic imine (C=N–C) groups is 1. The average Bonchev–Trinajstić information content (AvgIpc) is 2.96. The Morgan fingerprint density at radius 1 is 0.973 bits per heavy atom. The van der Waals surface area contributed by atoms with Crippen molar-refractivity contribution in [3.63, 3.8) is 0 Å². The second-order valence-electron chi connectivity index (χ2n) is 9.88. The molecule has 0 bridgehead atoms. The number of fused-ring (bicyclic) bond motifs is 1. The first kappa shape index (κ1) is 25.2. The summed E-state index contributed by atoms with van der Waals surface area (Å²) in [5, 5.41) is 10.4. The van der Waals surface area contributed by atoms with Crippen LogP contribution in [0.25, 0.3) is 0 Å². The van der Waals surface area contributed by atoms with E-state index in [1.807, 2.05) is 24.5 Å². The highest BCUT2D eigenvalue weighted by atomic mass is 16.5. The molecule has 37 heavy (non-hydrogen) atoms. The number of aryl methyl sites for hydroxylation is 1. The van der Waals surface area contributed by atoms with E-state index in [4.69, 9.17) is 4.74 Å². The summed E-state index contributed by atoms with van der Waals surface area (Å²) in [6.45, 7) is 5.99. The summed E-state index contributed by atoms with van der Waals surface area (Å²) in [4.78, 5) is 11.2. The van der Waals surface area contributed by atoms with Crippen molar-refractivity contribution in [2.24, 2.45) is 10.9 Å². The maximum atomic E-state index is 6.22. The van der Waals surface area contributed by atoms with Crippen molar-refractivity contribution < 1.29 is 4.74 Å². The Labute approximate surface area is 220 Å². The fourth-order valence-corrected chi connectivity index (χ4v) is 5.01. The van der Waals surface area contributed by atoms with E-state index >= 15 is 0 Å². The minimum absolute atomic E-state index is 0.0784. The summed E-state index contributed by atoms with van der Waals surface area (Å²) >= 11 is 0. The van der Waals surface area contributed by atoms with Gasteiger partial charge >= 0.3 is 0 Å². The van der Waals surface area contributed by atoms with Crippen LogP contribution in [0.4, 0.5) is 11.4 Å². The second-order valence-corrected chi connectivity index (χ2v) is 9.88. The highest BCUT2D eigenvalue weighted by molar-refractivity contribution is 5.69. The van der Waals surface area contributed by atoms with Gasteiger partial charge in [-0.2, -0.15) is 0 Å². The summed E-state index contributed by atoms with van der Waals surface area (Å²) < 4.78 is 6.22. The van der Waals surface area contributed by atoms with Crippen molar-refractivity contribution in [2.45, 2.75) is 31.8 Å². The van der Waals surface area contributed by atoms with Crippen molar-refractivity contribution in [1.29, 1.82) is 0 Å². The molecule has 2 aliphatic rings. The number of rotatable bonds is 12. The summed E-state index contributed by atoms with van der Waals surface area (Å²) in [6, 6.07) is 21.0. The normalized spacial score (nSPS) is 17.7. The topological polar surface area (TPSA) is 73.8 Å². The van der Waals surface area contributed by atoms with Gasteiger partial charge in [0.05, 0.1) is 18.6 Å². The quantitative estimate of drug-likeness (QED) is 0.313. The molecule has 1 fully saturated rings. The number of nitrogens with zero attached hydrogens (tertiary/aromatic N) is 3. The standard InChI is InChI=1S/C30H38N6O/c1-2-5-24(6-3-1)7-4-14-33-30-28-9-8-27(21-29(28)34-23-35-30)37-22-25-12-18-36(19-13-25)20-17-32-26-10-15-31-16-11-26/h1-3,5-6,8-11,15-16,21,23,25,30,33H,4,7,12-14,17-20,22H2,(H,31,32)(H,34,35). The van der Waals surface area contributed by atoms with Crippen LogP contribution < -0.4 is 20.7 Å². The molecular weight excluding hydrogens is 460 g/mol. The van der Waals surface area contributed by atoms with E-state index in [1.165, 1.54) is 24.0 Å². The molecule has 5 rings (SSSR count). The van der Waals surface area contributed by atoms with E-state index in [2.05, 4.69) is 79.4 Å². The number of nitrogens with one attached hydrogen (secondary N) is 3. The monoisotopic (exact) mass is 498 g/mol. The van der Waals surface area contributed by atoms with Crippen LogP contribution in [-0.2, 0) is 6.42 Å². The lowest BCUT2D eigenvalue weighted by Gasteiger charge is -2.32. The van der Waals surface area contributed by atoms with Gasteiger partial charge in [0.1, 0.15) is 11.9 Å². The van der Waals surface area contributed by atoms with Crippen LogP contribution in [0.15, 0.2) is 78.0 Å². The molecule has 3 N–H and O–H groups in total. The maximum Gasteiger partial charge on any atom is 0.121 e. The van der Waals surface area contributed by atoms with E-state index < -0.39 is 0 Å². The van der Waals surface area contributed by atoms with Crippen molar-refractivity contribution in [2.75, 3.05) is 44.6 Å². The molecule has 0 amide bonds. The average molecular weight is 499 g/mol. The zero-order chi connectivity index (χ0) is 25.1.